The van der Waals surface area contributed by atoms with E-state index < -0.39 is 5.91 Å². The molecule has 3 heterocycles. The molecular weight excluding hydrogens is 578 g/mol. The van der Waals surface area contributed by atoms with Gasteiger partial charge in [-0.15, -0.1) is 22.7 Å². The molecule has 3 aromatic heterocycles. The van der Waals surface area contributed by atoms with E-state index in [9.17, 15) is 14.7 Å². The Hall–Kier alpha value is -1.60. The van der Waals surface area contributed by atoms with Crippen molar-refractivity contribution in [3.8, 4) is 16.2 Å². The SMILES string of the molecule is C/C(=N/NC(=O)c1ccc(C(=O)N(C)Cc2ccccn2)s1)c1csc(-c2ccc(Cl)c(Cl)c2)c1O.[H-].[K+]. The Morgan fingerprint density at radius 1 is 1.14 bits per heavy atom. The number of hydrogen-bond donors (Lipinski definition) is 2. The van der Waals surface area contributed by atoms with Crippen LogP contribution in [0.2, 0.25) is 10.0 Å². The van der Waals surface area contributed by atoms with E-state index in [2.05, 4.69) is 15.5 Å². The van der Waals surface area contributed by atoms with Crippen LogP contribution in [-0.4, -0.2) is 39.6 Å². The van der Waals surface area contributed by atoms with E-state index in [1.807, 2.05) is 18.2 Å². The number of benzene rings is 1. The van der Waals surface area contributed by atoms with Crippen LogP contribution in [0.3, 0.4) is 0 Å². The maximum atomic E-state index is 12.7. The van der Waals surface area contributed by atoms with Gasteiger partial charge in [0.1, 0.15) is 5.75 Å². The molecule has 0 aliphatic heterocycles. The van der Waals surface area contributed by atoms with Crippen molar-refractivity contribution in [3.63, 3.8) is 0 Å². The number of hydrogen-bond acceptors (Lipinski definition) is 7. The van der Waals surface area contributed by atoms with Gasteiger partial charge in [0.05, 0.1) is 48.2 Å². The number of nitrogens with one attached hydrogen (secondary N) is 1. The van der Waals surface area contributed by atoms with Crippen molar-refractivity contribution in [2.24, 2.45) is 5.10 Å². The van der Waals surface area contributed by atoms with Gasteiger partial charge in [-0.25, -0.2) is 5.43 Å². The molecule has 0 unspecified atom stereocenters. The van der Waals surface area contributed by atoms with E-state index in [4.69, 9.17) is 23.2 Å². The molecule has 0 radical (unpaired) electrons. The number of nitrogens with zero attached hydrogens (tertiary/aromatic N) is 3. The Bertz CT molecular complexity index is 1460. The van der Waals surface area contributed by atoms with Gasteiger partial charge in [0.15, 0.2) is 0 Å². The second-order valence-corrected chi connectivity index (χ2v) is 10.5. The van der Waals surface area contributed by atoms with Gasteiger partial charge in [-0.1, -0.05) is 35.3 Å². The quantitative estimate of drug-likeness (QED) is 0.193. The topological polar surface area (TPSA) is 94.9 Å². The molecule has 2 amide bonds. The van der Waals surface area contributed by atoms with Crippen molar-refractivity contribution < 1.29 is 67.5 Å². The van der Waals surface area contributed by atoms with E-state index in [0.29, 0.717) is 42.5 Å². The molecule has 186 valence electrons. The van der Waals surface area contributed by atoms with Crippen molar-refractivity contribution in [3.05, 3.63) is 91.2 Å². The van der Waals surface area contributed by atoms with Crippen LogP contribution in [-0.2, 0) is 6.54 Å². The van der Waals surface area contributed by atoms with Crippen LogP contribution in [0.1, 0.15) is 39.0 Å². The molecule has 12 heteroatoms. The summed E-state index contributed by atoms with van der Waals surface area (Å²) in [6, 6.07) is 13.8. The van der Waals surface area contributed by atoms with E-state index >= 15 is 0 Å². The van der Waals surface area contributed by atoms with Crippen LogP contribution in [0.5, 0.6) is 5.75 Å². The predicted molar refractivity (Wildman–Crippen MR) is 147 cm³/mol. The van der Waals surface area contributed by atoms with Crippen LogP contribution in [0.4, 0.5) is 0 Å². The van der Waals surface area contributed by atoms with Crippen LogP contribution in [0, 0.1) is 0 Å². The fourth-order valence-corrected chi connectivity index (χ4v) is 5.46. The summed E-state index contributed by atoms with van der Waals surface area (Å²) in [7, 11) is 1.68. The zero-order valence-electron chi connectivity index (χ0n) is 21.2. The van der Waals surface area contributed by atoms with Crippen LogP contribution >= 0.6 is 45.9 Å². The predicted octanol–water partition coefficient (Wildman–Crippen LogP) is 3.43. The van der Waals surface area contributed by atoms with Crippen molar-refractivity contribution in [2.45, 2.75) is 13.5 Å². The number of thiophene rings is 2. The van der Waals surface area contributed by atoms with Crippen molar-refractivity contribution in [2.75, 3.05) is 7.05 Å². The minimum Gasteiger partial charge on any atom is -1.00 e. The van der Waals surface area contributed by atoms with E-state index in [1.165, 1.54) is 11.3 Å². The molecule has 0 bridgehead atoms. The number of halogens is 2. The monoisotopic (exact) mass is 598 g/mol. The van der Waals surface area contributed by atoms with Crippen molar-refractivity contribution in [1.82, 2.24) is 15.3 Å². The Kier molecular flexibility index (Phi) is 10.9. The molecule has 0 aliphatic rings. The maximum Gasteiger partial charge on any atom is 1.00 e. The first-order valence-corrected chi connectivity index (χ1v) is 13.1. The normalized spacial score (nSPS) is 11.1. The molecule has 1 aromatic carbocycles. The zero-order chi connectivity index (χ0) is 25.8. The molecule has 0 fully saturated rings. The van der Waals surface area contributed by atoms with Crippen LogP contribution in [0.25, 0.3) is 10.4 Å². The van der Waals surface area contributed by atoms with Crippen molar-refractivity contribution in [1.29, 1.82) is 0 Å². The molecule has 0 saturated heterocycles. The van der Waals surface area contributed by atoms with Gasteiger partial charge in [0.2, 0.25) is 0 Å². The number of aromatic nitrogens is 1. The molecule has 4 rings (SSSR count). The average molecular weight is 600 g/mol. The van der Waals surface area contributed by atoms with Gasteiger partial charge in [-0.3, -0.25) is 14.6 Å². The Balaban J connectivity index is 0.00000253. The second-order valence-electron chi connectivity index (χ2n) is 7.74. The first kappa shape index (κ1) is 29.9. The summed E-state index contributed by atoms with van der Waals surface area (Å²) in [4.78, 5) is 32.5. The Morgan fingerprint density at radius 3 is 2.59 bits per heavy atom. The Labute approximate surface area is 276 Å². The van der Waals surface area contributed by atoms with Gasteiger partial charge in [0.25, 0.3) is 11.8 Å². The van der Waals surface area contributed by atoms with Gasteiger partial charge >= 0.3 is 51.4 Å². The van der Waals surface area contributed by atoms with E-state index in [1.54, 1.807) is 60.8 Å². The molecule has 0 atom stereocenters. The first-order chi connectivity index (χ1) is 17.2. The summed E-state index contributed by atoms with van der Waals surface area (Å²) in [5.41, 5.74) is 4.89. The molecule has 0 saturated carbocycles. The summed E-state index contributed by atoms with van der Waals surface area (Å²) in [6.45, 7) is 2.04. The summed E-state index contributed by atoms with van der Waals surface area (Å²) in [5, 5.41) is 17.4. The summed E-state index contributed by atoms with van der Waals surface area (Å²) < 4.78 is 0. The smallest absolute Gasteiger partial charge is 1.00 e. The fourth-order valence-electron chi connectivity index (χ4n) is 3.27. The standard InChI is InChI=1S/C25H20Cl2N4O3S2.K.H/c1-14(17-13-35-23(22(17)32)15-6-7-18(26)19(27)11-15)29-30-24(33)20-8-9-21(36-20)25(34)31(2)12-16-5-3-4-10-28-16;;/h3-11,13,32H,12H2,1-2H3,(H,30,33);;/q;+1;-1/b29-14-;;. The number of carbonyl (C=O) groups excluding carboxylic acids is 2. The number of aromatic hydroxyl groups is 1. The molecule has 0 aliphatic carbocycles. The Morgan fingerprint density at radius 2 is 1.89 bits per heavy atom. The number of hydrazone groups is 1. The third kappa shape index (κ3) is 7.28. The number of carbonyl (C=O) groups is 2. The van der Waals surface area contributed by atoms with E-state index in [-0.39, 0.29) is 64.5 Å². The molecule has 4 aromatic rings. The summed E-state index contributed by atoms with van der Waals surface area (Å²) in [5.74, 6) is -0.624. The van der Waals surface area contributed by atoms with Gasteiger partial charge in [-0.05, 0) is 48.9 Å². The van der Waals surface area contributed by atoms with Gasteiger partial charge in [0, 0.05) is 18.6 Å². The second kappa shape index (κ2) is 13.5. The van der Waals surface area contributed by atoms with Gasteiger partial charge in [-0.2, -0.15) is 5.10 Å². The van der Waals surface area contributed by atoms with Crippen LogP contribution in [0.15, 0.2) is 65.2 Å². The zero-order valence-corrected chi connectivity index (χ0v) is 26.4. The fraction of sp³-hybridized carbons (Fsp3) is 0.120. The molecule has 37 heavy (non-hydrogen) atoms. The number of rotatable bonds is 7. The third-order valence-corrected chi connectivity index (χ3v) is 8.00. The minimum absolute atomic E-state index is 0. The number of pyridine rings is 1. The van der Waals surface area contributed by atoms with Gasteiger partial charge < -0.3 is 11.4 Å². The third-order valence-electron chi connectivity index (χ3n) is 5.17. The summed E-state index contributed by atoms with van der Waals surface area (Å²) in [6.07, 6.45) is 1.67. The molecule has 0 spiro atoms. The average Bonchev–Trinajstić information content (AvgIpc) is 3.51. The largest absolute Gasteiger partial charge is 1.00 e. The van der Waals surface area contributed by atoms with Crippen molar-refractivity contribution >= 4 is 63.4 Å². The maximum absolute atomic E-state index is 12.7. The number of amides is 2. The summed E-state index contributed by atoms with van der Waals surface area (Å²) >= 11 is 14.5. The van der Waals surface area contributed by atoms with Crippen LogP contribution < -0.4 is 56.8 Å². The van der Waals surface area contributed by atoms with E-state index in [0.717, 1.165) is 22.6 Å². The molecule has 2 N–H and O–H groups in total. The minimum atomic E-state index is -0.454. The molecule has 7 nitrogen and oxygen atoms in total. The molecular formula is C25H21Cl2KN4O3S2. The first-order valence-electron chi connectivity index (χ1n) is 10.6.